The van der Waals surface area contributed by atoms with Gasteiger partial charge in [0.05, 0.1) is 11.0 Å². The highest BCUT2D eigenvalue weighted by Crippen LogP contribution is 2.34. The molecule has 1 aromatic heterocycles. The summed E-state index contributed by atoms with van der Waals surface area (Å²) in [5.41, 5.74) is 6.41. The van der Waals surface area contributed by atoms with Crippen LogP contribution in [0.25, 0.3) is 21.8 Å². The molecule has 5 rings (SSSR count). The molecule has 0 saturated heterocycles. The Morgan fingerprint density at radius 3 is 2.48 bits per heavy atom. The minimum Gasteiger partial charge on any atom is -0.343 e. The van der Waals surface area contributed by atoms with Crippen molar-refractivity contribution in [2.75, 3.05) is 0 Å². The number of carbonyl (C=O) groups excluding carboxylic acids is 1. The van der Waals surface area contributed by atoms with Crippen LogP contribution in [0.2, 0.25) is 0 Å². The molecule has 1 aliphatic rings. The summed E-state index contributed by atoms with van der Waals surface area (Å²) in [6.07, 6.45) is 0.797. The second kappa shape index (κ2) is 6.37. The van der Waals surface area contributed by atoms with E-state index < -0.39 is 0 Å². The van der Waals surface area contributed by atoms with Crippen molar-refractivity contribution in [1.82, 2.24) is 4.57 Å². The number of pyridine rings is 1. The Morgan fingerprint density at radius 1 is 0.931 bits per heavy atom. The van der Waals surface area contributed by atoms with Gasteiger partial charge in [-0.2, -0.15) is 0 Å². The fraction of sp³-hybridized carbons (Fsp3) is 0.200. The van der Waals surface area contributed by atoms with Crippen LogP contribution >= 0.6 is 9.24 Å². The number of aryl methyl sites for hydroxylation is 2. The van der Waals surface area contributed by atoms with Gasteiger partial charge >= 0.3 is 0 Å². The van der Waals surface area contributed by atoms with E-state index >= 15 is 0 Å². The van der Waals surface area contributed by atoms with E-state index in [0.29, 0.717) is 16.3 Å². The topological polar surface area (TPSA) is 39.1 Å². The normalized spacial score (nSPS) is 16.0. The summed E-state index contributed by atoms with van der Waals surface area (Å²) in [6.45, 7) is 4.19. The second-order valence-electron chi connectivity index (χ2n) is 8.22. The molecule has 29 heavy (non-hydrogen) atoms. The molecule has 2 atom stereocenters. The maximum atomic E-state index is 13.5. The highest BCUT2D eigenvalue weighted by atomic mass is 31.0. The number of hydrogen-bond acceptors (Lipinski definition) is 2. The van der Waals surface area contributed by atoms with E-state index in [0.717, 1.165) is 45.0 Å². The van der Waals surface area contributed by atoms with Gasteiger partial charge in [-0.1, -0.05) is 36.8 Å². The van der Waals surface area contributed by atoms with Gasteiger partial charge in [0.25, 0.3) is 0 Å². The summed E-state index contributed by atoms with van der Waals surface area (Å²) >= 11 is 0. The Bertz CT molecular complexity index is 1410. The number of hydrogen-bond donors (Lipinski definition) is 0. The average molecular weight is 399 g/mol. The minimum atomic E-state index is 0.0261. The molecule has 144 valence electrons. The SMILES string of the molecule is Cc1ccc2c(c1)C[C@H](C)c1cc3c(=O)c4ccc(P)cc4n(C)c3cc1C2=O. The highest BCUT2D eigenvalue weighted by molar-refractivity contribution is 7.27. The summed E-state index contributed by atoms with van der Waals surface area (Å²) in [5.74, 6) is 0.213. The molecular formula is C25H22NO2P. The number of rotatable bonds is 0. The van der Waals surface area contributed by atoms with Gasteiger partial charge in [0.2, 0.25) is 0 Å². The first-order valence-corrected chi connectivity index (χ1v) is 10.4. The van der Waals surface area contributed by atoms with Gasteiger partial charge in [0, 0.05) is 28.9 Å². The first-order valence-electron chi connectivity index (χ1n) is 9.85. The van der Waals surface area contributed by atoms with Gasteiger partial charge in [0.15, 0.2) is 11.2 Å². The standard InChI is InChI=1S/C25H22NO2P/c1-13-4-6-17-15(8-13)9-14(2)19-11-21-23(12-20(19)24(17)27)26(3)22-10-16(29)5-7-18(22)25(21)28/h4-8,10-12,14H,9,29H2,1-3H3/t14-/m0/s1. The maximum Gasteiger partial charge on any atom is 0.197 e. The molecule has 0 radical (unpaired) electrons. The molecule has 4 aromatic rings. The molecule has 1 aliphatic carbocycles. The highest BCUT2D eigenvalue weighted by Gasteiger charge is 2.27. The molecule has 4 heteroatoms. The Morgan fingerprint density at radius 2 is 1.69 bits per heavy atom. The van der Waals surface area contributed by atoms with Crippen LogP contribution < -0.4 is 10.7 Å². The van der Waals surface area contributed by atoms with Crippen LogP contribution in [0.5, 0.6) is 0 Å². The number of fused-ring (bicyclic) bond motifs is 4. The molecule has 1 unspecified atom stereocenters. The van der Waals surface area contributed by atoms with E-state index in [1.54, 1.807) is 0 Å². The van der Waals surface area contributed by atoms with Crippen LogP contribution in [-0.4, -0.2) is 10.4 Å². The van der Waals surface area contributed by atoms with E-state index in [1.165, 1.54) is 0 Å². The maximum absolute atomic E-state index is 13.5. The van der Waals surface area contributed by atoms with Crippen LogP contribution in [0.3, 0.4) is 0 Å². The third-order valence-corrected chi connectivity index (χ3v) is 6.57. The fourth-order valence-electron chi connectivity index (χ4n) is 4.66. The van der Waals surface area contributed by atoms with Crippen molar-refractivity contribution in [1.29, 1.82) is 0 Å². The van der Waals surface area contributed by atoms with Gasteiger partial charge in [-0.05, 0) is 60.0 Å². The molecule has 0 N–H and O–H groups in total. The van der Waals surface area contributed by atoms with E-state index in [9.17, 15) is 9.59 Å². The van der Waals surface area contributed by atoms with E-state index in [4.69, 9.17) is 0 Å². The van der Waals surface area contributed by atoms with E-state index in [1.807, 2.05) is 54.1 Å². The average Bonchev–Trinajstić information content (AvgIpc) is 2.79. The van der Waals surface area contributed by atoms with Crippen LogP contribution in [0.4, 0.5) is 0 Å². The summed E-state index contributed by atoms with van der Waals surface area (Å²) < 4.78 is 2.03. The lowest BCUT2D eigenvalue weighted by Crippen LogP contribution is -2.13. The second-order valence-corrected chi connectivity index (χ2v) is 8.88. The molecule has 0 spiro atoms. The number of benzene rings is 3. The summed E-state index contributed by atoms with van der Waals surface area (Å²) in [4.78, 5) is 26.7. The smallest absolute Gasteiger partial charge is 0.197 e. The van der Waals surface area contributed by atoms with E-state index in [-0.39, 0.29) is 17.1 Å². The van der Waals surface area contributed by atoms with Crippen molar-refractivity contribution in [3.8, 4) is 0 Å². The predicted octanol–water partition coefficient (Wildman–Crippen LogP) is 4.39. The van der Waals surface area contributed by atoms with Crippen molar-refractivity contribution in [3.63, 3.8) is 0 Å². The molecule has 0 saturated carbocycles. The zero-order chi connectivity index (χ0) is 20.4. The Hall–Kier alpha value is -2.77. The third kappa shape index (κ3) is 2.68. The van der Waals surface area contributed by atoms with E-state index in [2.05, 4.69) is 29.2 Å². The molecule has 0 amide bonds. The van der Waals surface area contributed by atoms with Gasteiger partial charge < -0.3 is 4.57 Å². The van der Waals surface area contributed by atoms with Gasteiger partial charge in [-0.15, -0.1) is 9.24 Å². The molecule has 0 aliphatic heterocycles. The summed E-state index contributed by atoms with van der Waals surface area (Å²) in [6, 6.07) is 15.8. The zero-order valence-corrected chi connectivity index (χ0v) is 17.9. The summed E-state index contributed by atoms with van der Waals surface area (Å²) in [7, 11) is 4.64. The van der Waals surface area contributed by atoms with Crippen LogP contribution in [0, 0.1) is 6.92 Å². The number of ketones is 1. The lowest BCUT2D eigenvalue weighted by Gasteiger charge is -2.16. The molecular weight excluding hydrogens is 377 g/mol. The number of nitrogens with zero attached hydrogens (tertiary/aromatic N) is 1. The van der Waals surface area contributed by atoms with Crippen molar-refractivity contribution in [3.05, 3.63) is 86.6 Å². The van der Waals surface area contributed by atoms with Crippen molar-refractivity contribution in [2.45, 2.75) is 26.2 Å². The van der Waals surface area contributed by atoms with Crippen LogP contribution in [0.15, 0.2) is 53.3 Å². The summed E-state index contributed by atoms with van der Waals surface area (Å²) in [5, 5.41) is 2.41. The van der Waals surface area contributed by atoms with Gasteiger partial charge in [-0.25, -0.2) is 0 Å². The monoisotopic (exact) mass is 399 g/mol. The number of aromatic nitrogens is 1. The zero-order valence-electron chi connectivity index (χ0n) is 16.7. The predicted molar refractivity (Wildman–Crippen MR) is 123 cm³/mol. The lowest BCUT2D eigenvalue weighted by atomic mass is 9.91. The molecule has 0 fully saturated rings. The quantitative estimate of drug-likeness (QED) is 0.325. The Balaban J connectivity index is 1.88. The third-order valence-electron chi connectivity index (χ3n) is 6.21. The molecule has 1 heterocycles. The van der Waals surface area contributed by atoms with Crippen molar-refractivity contribution in [2.24, 2.45) is 7.05 Å². The molecule has 0 bridgehead atoms. The lowest BCUT2D eigenvalue weighted by molar-refractivity contribution is 0.103. The van der Waals surface area contributed by atoms with Crippen molar-refractivity contribution >= 4 is 42.1 Å². The first-order chi connectivity index (χ1) is 13.8. The Labute approximate surface area is 171 Å². The Kier molecular flexibility index (Phi) is 4.01. The van der Waals surface area contributed by atoms with Crippen LogP contribution in [-0.2, 0) is 13.5 Å². The fourth-order valence-corrected chi connectivity index (χ4v) is 4.91. The largest absolute Gasteiger partial charge is 0.343 e. The first kappa shape index (κ1) is 18.3. The minimum absolute atomic E-state index is 0.0261. The van der Waals surface area contributed by atoms with Gasteiger partial charge in [0.1, 0.15) is 0 Å². The van der Waals surface area contributed by atoms with Crippen molar-refractivity contribution < 1.29 is 4.79 Å². The number of carbonyl (C=O) groups is 1. The van der Waals surface area contributed by atoms with Gasteiger partial charge in [-0.3, -0.25) is 9.59 Å². The molecule has 3 nitrogen and oxygen atoms in total. The van der Waals surface area contributed by atoms with Crippen LogP contribution in [0.1, 0.15) is 45.5 Å². The molecule has 3 aromatic carbocycles.